The molecule has 1 fully saturated rings. The van der Waals surface area contributed by atoms with Crippen LogP contribution in [0.2, 0.25) is 0 Å². The molecule has 2 aromatic rings. The minimum atomic E-state index is 0.462. The number of fused-ring (bicyclic) bond motifs is 1. The van der Waals surface area contributed by atoms with Crippen LogP contribution in [0.5, 0.6) is 0 Å². The SMILES string of the molecule is Cc1ccc2c(c1)CCC2NCc1cnc(N2CCCC2)nc1. The van der Waals surface area contributed by atoms with Crippen LogP contribution in [0.25, 0.3) is 0 Å². The van der Waals surface area contributed by atoms with Crippen molar-refractivity contribution >= 4 is 5.95 Å². The molecule has 1 N–H and O–H groups in total. The van der Waals surface area contributed by atoms with Crippen molar-refractivity contribution < 1.29 is 0 Å². The minimum Gasteiger partial charge on any atom is -0.341 e. The van der Waals surface area contributed by atoms with Gasteiger partial charge >= 0.3 is 0 Å². The Morgan fingerprint density at radius 3 is 2.74 bits per heavy atom. The fourth-order valence-electron chi connectivity index (χ4n) is 3.72. The topological polar surface area (TPSA) is 41.1 Å². The van der Waals surface area contributed by atoms with E-state index in [1.807, 2.05) is 12.4 Å². The largest absolute Gasteiger partial charge is 0.341 e. The Bertz CT molecular complexity index is 674. The first-order valence-corrected chi connectivity index (χ1v) is 8.68. The molecule has 2 heterocycles. The quantitative estimate of drug-likeness (QED) is 0.942. The van der Waals surface area contributed by atoms with E-state index in [1.165, 1.54) is 42.4 Å². The highest BCUT2D eigenvalue weighted by atomic mass is 15.3. The fourth-order valence-corrected chi connectivity index (χ4v) is 3.72. The molecule has 1 aromatic heterocycles. The van der Waals surface area contributed by atoms with Crippen LogP contribution in [0.4, 0.5) is 5.95 Å². The van der Waals surface area contributed by atoms with Crippen LogP contribution in [0.3, 0.4) is 0 Å². The van der Waals surface area contributed by atoms with Crippen molar-refractivity contribution in [3.63, 3.8) is 0 Å². The molecule has 120 valence electrons. The summed E-state index contributed by atoms with van der Waals surface area (Å²) in [7, 11) is 0. The number of rotatable bonds is 4. The summed E-state index contributed by atoms with van der Waals surface area (Å²) in [4.78, 5) is 11.3. The van der Waals surface area contributed by atoms with Crippen LogP contribution < -0.4 is 10.2 Å². The zero-order chi connectivity index (χ0) is 15.6. The zero-order valence-electron chi connectivity index (χ0n) is 13.8. The van der Waals surface area contributed by atoms with Crippen molar-refractivity contribution in [3.8, 4) is 0 Å². The maximum atomic E-state index is 4.54. The average Bonchev–Trinajstić information content (AvgIpc) is 3.23. The van der Waals surface area contributed by atoms with Crippen molar-refractivity contribution in [1.82, 2.24) is 15.3 Å². The Morgan fingerprint density at radius 1 is 1.17 bits per heavy atom. The molecule has 23 heavy (non-hydrogen) atoms. The third-order valence-corrected chi connectivity index (χ3v) is 5.01. The molecule has 4 nitrogen and oxygen atoms in total. The molecule has 1 aliphatic carbocycles. The van der Waals surface area contributed by atoms with E-state index in [1.54, 1.807) is 0 Å². The standard InChI is InChI=1S/C19H24N4/c1-14-4-6-17-16(10-14)5-7-18(17)20-11-15-12-21-19(22-13-15)23-8-2-3-9-23/h4,6,10,12-13,18,20H,2-3,5,7-9,11H2,1H3. The van der Waals surface area contributed by atoms with Crippen molar-refractivity contribution in [2.24, 2.45) is 0 Å². The Kier molecular flexibility index (Phi) is 4.00. The number of hydrogen-bond donors (Lipinski definition) is 1. The monoisotopic (exact) mass is 308 g/mol. The first kappa shape index (κ1) is 14.6. The highest BCUT2D eigenvalue weighted by Crippen LogP contribution is 2.31. The first-order valence-electron chi connectivity index (χ1n) is 8.68. The van der Waals surface area contributed by atoms with Gasteiger partial charge < -0.3 is 10.2 Å². The minimum absolute atomic E-state index is 0.462. The maximum absolute atomic E-state index is 4.54. The summed E-state index contributed by atoms with van der Waals surface area (Å²) in [5.41, 5.74) is 5.48. The lowest BCUT2D eigenvalue weighted by molar-refractivity contribution is 0.529. The molecule has 4 rings (SSSR count). The second-order valence-corrected chi connectivity index (χ2v) is 6.76. The van der Waals surface area contributed by atoms with E-state index < -0.39 is 0 Å². The summed E-state index contributed by atoms with van der Waals surface area (Å²) in [6, 6.07) is 7.28. The number of benzene rings is 1. The van der Waals surface area contributed by atoms with Crippen molar-refractivity contribution in [2.75, 3.05) is 18.0 Å². The Balaban J connectivity index is 1.38. The number of nitrogens with one attached hydrogen (secondary N) is 1. The molecular weight excluding hydrogens is 284 g/mol. The van der Waals surface area contributed by atoms with Crippen LogP contribution in [0.15, 0.2) is 30.6 Å². The van der Waals surface area contributed by atoms with E-state index >= 15 is 0 Å². The maximum Gasteiger partial charge on any atom is 0.225 e. The van der Waals surface area contributed by atoms with Gasteiger partial charge in [-0.25, -0.2) is 9.97 Å². The Morgan fingerprint density at radius 2 is 1.96 bits per heavy atom. The molecule has 1 unspecified atom stereocenters. The van der Waals surface area contributed by atoms with Crippen LogP contribution in [-0.2, 0) is 13.0 Å². The van der Waals surface area contributed by atoms with E-state index in [0.29, 0.717) is 6.04 Å². The molecule has 0 radical (unpaired) electrons. The van der Waals surface area contributed by atoms with E-state index in [9.17, 15) is 0 Å². The summed E-state index contributed by atoms with van der Waals surface area (Å²) >= 11 is 0. The third kappa shape index (κ3) is 3.08. The van der Waals surface area contributed by atoms with Gasteiger partial charge in [0, 0.05) is 43.6 Å². The molecular formula is C19H24N4. The molecule has 1 saturated heterocycles. The van der Waals surface area contributed by atoms with Gasteiger partial charge in [0.2, 0.25) is 5.95 Å². The van der Waals surface area contributed by atoms with Crippen LogP contribution in [0.1, 0.15) is 47.6 Å². The molecule has 0 spiro atoms. The van der Waals surface area contributed by atoms with Gasteiger partial charge in [-0.15, -0.1) is 0 Å². The molecule has 1 atom stereocenters. The average molecular weight is 308 g/mol. The van der Waals surface area contributed by atoms with Gasteiger partial charge in [-0.2, -0.15) is 0 Å². The zero-order valence-corrected chi connectivity index (χ0v) is 13.8. The van der Waals surface area contributed by atoms with Gasteiger partial charge in [-0.05, 0) is 43.7 Å². The predicted octanol–water partition coefficient (Wildman–Crippen LogP) is 3.16. The predicted molar refractivity (Wildman–Crippen MR) is 92.6 cm³/mol. The molecule has 1 aliphatic heterocycles. The second kappa shape index (κ2) is 6.28. The number of anilines is 1. The summed E-state index contributed by atoms with van der Waals surface area (Å²) in [6.45, 7) is 5.18. The highest BCUT2D eigenvalue weighted by Gasteiger charge is 2.21. The van der Waals surface area contributed by atoms with E-state index in [-0.39, 0.29) is 0 Å². The first-order chi connectivity index (χ1) is 11.3. The van der Waals surface area contributed by atoms with Crippen LogP contribution in [0, 0.1) is 6.92 Å². The molecule has 1 aromatic carbocycles. The Hall–Kier alpha value is -1.94. The van der Waals surface area contributed by atoms with Gasteiger partial charge in [0.05, 0.1) is 0 Å². The lowest BCUT2D eigenvalue weighted by Crippen LogP contribution is -2.21. The van der Waals surface area contributed by atoms with Crippen molar-refractivity contribution in [3.05, 3.63) is 52.8 Å². The number of nitrogens with zero attached hydrogens (tertiary/aromatic N) is 3. The van der Waals surface area contributed by atoms with Gasteiger partial charge in [0.15, 0.2) is 0 Å². The van der Waals surface area contributed by atoms with Crippen molar-refractivity contribution in [1.29, 1.82) is 0 Å². The molecule has 0 bridgehead atoms. The van der Waals surface area contributed by atoms with Crippen molar-refractivity contribution in [2.45, 2.75) is 45.2 Å². The Labute approximate surface area is 138 Å². The van der Waals surface area contributed by atoms with Gasteiger partial charge in [0.1, 0.15) is 0 Å². The number of hydrogen-bond acceptors (Lipinski definition) is 4. The normalized spacial score (nSPS) is 20.0. The number of aryl methyl sites for hydroxylation is 2. The molecule has 0 saturated carbocycles. The lowest BCUT2D eigenvalue weighted by atomic mass is 10.1. The van der Waals surface area contributed by atoms with E-state index in [0.717, 1.165) is 31.1 Å². The summed E-state index contributed by atoms with van der Waals surface area (Å²) < 4.78 is 0. The second-order valence-electron chi connectivity index (χ2n) is 6.76. The summed E-state index contributed by atoms with van der Waals surface area (Å²) in [5.74, 6) is 0.882. The van der Waals surface area contributed by atoms with Crippen LogP contribution in [-0.4, -0.2) is 23.1 Å². The smallest absolute Gasteiger partial charge is 0.225 e. The number of aromatic nitrogens is 2. The summed E-state index contributed by atoms with van der Waals surface area (Å²) in [5, 5.41) is 3.67. The van der Waals surface area contributed by atoms with Crippen LogP contribution >= 0.6 is 0 Å². The molecule has 4 heteroatoms. The van der Waals surface area contributed by atoms with E-state index in [2.05, 4.69) is 45.3 Å². The van der Waals surface area contributed by atoms with Gasteiger partial charge in [0.25, 0.3) is 0 Å². The van der Waals surface area contributed by atoms with Gasteiger partial charge in [-0.3, -0.25) is 0 Å². The van der Waals surface area contributed by atoms with Gasteiger partial charge in [-0.1, -0.05) is 23.8 Å². The highest BCUT2D eigenvalue weighted by molar-refractivity contribution is 5.37. The lowest BCUT2D eigenvalue weighted by Gasteiger charge is -2.16. The third-order valence-electron chi connectivity index (χ3n) is 5.01. The molecule has 0 amide bonds. The molecule has 2 aliphatic rings. The van der Waals surface area contributed by atoms with E-state index in [4.69, 9.17) is 0 Å². The summed E-state index contributed by atoms with van der Waals surface area (Å²) in [6.07, 6.45) is 8.82. The fraction of sp³-hybridized carbons (Fsp3) is 0.474.